The number of piperidine rings is 1. The van der Waals surface area contributed by atoms with E-state index in [9.17, 15) is 8.42 Å². The summed E-state index contributed by atoms with van der Waals surface area (Å²) in [4.78, 5) is 4.65. The average Bonchev–Trinajstić information content (AvgIpc) is 2.80. The Morgan fingerprint density at radius 3 is 2.45 bits per heavy atom. The van der Waals surface area contributed by atoms with Crippen LogP contribution in [0, 0.1) is 5.92 Å². The molecule has 0 radical (unpaired) electrons. The molecule has 0 unspecified atom stereocenters. The minimum absolute atomic E-state index is 0. The maximum absolute atomic E-state index is 12.7. The molecule has 2 aromatic carbocycles. The summed E-state index contributed by atoms with van der Waals surface area (Å²) in [7, 11) is 0.00233. The molecule has 170 valence electrons. The molecule has 0 aromatic heterocycles. The smallest absolute Gasteiger partial charge is 0.243 e. The molecule has 1 heterocycles. The predicted octanol–water partition coefficient (Wildman–Crippen LogP) is 3.08. The number of guanidine groups is 1. The van der Waals surface area contributed by atoms with Crippen LogP contribution in [-0.2, 0) is 16.6 Å². The Hall–Kier alpha value is -1.85. The number of nitrogens with one attached hydrogen (secondary N) is 2. The highest BCUT2D eigenvalue weighted by Gasteiger charge is 2.29. The zero-order chi connectivity index (χ0) is 21.4. The van der Waals surface area contributed by atoms with Crippen LogP contribution in [0.3, 0.4) is 0 Å². The van der Waals surface area contributed by atoms with Gasteiger partial charge in [-0.15, -0.1) is 24.0 Å². The van der Waals surface area contributed by atoms with Gasteiger partial charge < -0.3 is 15.4 Å². The van der Waals surface area contributed by atoms with Crippen molar-refractivity contribution < 1.29 is 13.2 Å². The maximum atomic E-state index is 12.7. The summed E-state index contributed by atoms with van der Waals surface area (Å²) in [6.45, 7) is 2.49. The van der Waals surface area contributed by atoms with E-state index in [0.717, 1.165) is 36.7 Å². The van der Waals surface area contributed by atoms with Crippen molar-refractivity contribution in [3.8, 4) is 5.75 Å². The van der Waals surface area contributed by atoms with Crippen molar-refractivity contribution in [3.05, 3.63) is 60.2 Å². The minimum Gasteiger partial charge on any atom is -0.497 e. The van der Waals surface area contributed by atoms with Crippen molar-refractivity contribution in [2.45, 2.75) is 24.3 Å². The first-order valence-corrected chi connectivity index (χ1v) is 11.6. The molecule has 0 saturated carbocycles. The third-order valence-corrected chi connectivity index (χ3v) is 7.24. The van der Waals surface area contributed by atoms with Gasteiger partial charge in [-0.25, -0.2) is 8.42 Å². The molecule has 9 heteroatoms. The Kier molecular flexibility index (Phi) is 10.0. The lowest BCUT2D eigenvalue weighted by atomic mass is 9.98. The second-order valence-electron chi connectivity index (χ2n) is 7.32. The Morgan fingerprint density at radius 1 is 1.10 bits per heavy atom. The number of ether oxygens (including phenoxy) is 1. The monoisotopic (exact) mass is 558 g/mol. The van der Waals surface area contributed by atoms with Gasteiger partial charge in [0.2, 0.25) is 10.0 Å². The van der Waals surface area contributed by atoms with Crippen molar-refractivity contribution in [1.82, 2.24) is 14.9 Å². The second-order valence-corrected chi connectivity index (χ2v) is 9.26. The van der Waals surface area contributed by atoms with Crippen molar-refractivity contribution >= 4 is 40.0 Å². The molecule has 0 amide bonds. The van der Waals surface area contributed by atoms with Crippen molar-refractivity contribution in [2.75, 3.05) is 33.8 Å². The topological polar surface area (TPSA) is 83.0 Å². The van der Waals surface area contributed by atoms with E-state index in [0.29, 0.717) is 30.4 Å². The fourth-order valence-corrected chi connectivity index (χ4v) is 5.02. The van der Waals surface area contributed by atoms with Gasteiger partial charge in [-0.05, 0) is 48.6 Å². The highest BCUT2D eigenvalue weighted by Crippen LogP contribution is 2.23. The zero-order valence-corrected chi connectivity index (χ0v) is 21.1. The van der Waals surface area contributed by atoms with Crippen LogP contribution in [-0.4, -0.2) is 52.5 Å². The minimum atomic E-state index is -3.40. The van der Waals surface area contributed by atoms with Crippen molar-refractivity contribution in [2.24, 2.45) is 10.9 Å². The van der Waals surface area contributed by atoms with E-state index in [1.807, 2.05) is 30.3 Å². The summed E-state index contributed by atoms with van der Waals surface area (Å²) in [5, 5.41) is 6.67. The number of nitrogens with zero attached hydrogens (tertiary/aromatic N) is 2. The largest absolute Gasteiger partial charge is 0.497 e. The van der Waals surface area contributed by atoms with Gasteiger partial charge in [-0.1, -0.05) is 30.3 Å². The summed E-state index contributed by atoms with van der Waals surface area (Å²) < 4.78 is 32.3. The van der Waals surface area contributed by atoms with E-state index < -0.39 is 10.0 Å². The third kappa shape index (κ3) is 7.08. The first-order chi connectivity index (χ1) is 14.5. The van der Waals surface area contributed by atoms with Gasteiger partial charge in [-0.2, -0.15) is 4.31 Å². The Bertz CT molecular complexity index is 946. The molecule has 1 saturated heterocycles. The average molecular weight is 558 g/mol. The molecule has 3 rings (SSSR count). The molecular formula is C22H31IN4O3S. The summed E-state index contributed by atoms with van der Waals surface area (Å²) in [5.41, 5.74) is 1.11. The van der Waals surface area contributed by atoms with E-state index in [1.54, 1.807) is 42.7 Å². The van der Waals surface area contributed by atoms with Gasteiger partial charge in [0, 0.05) is 33.2 Å². The number of hydrogen-bond acceptors (Lipinski definition) is 4. The van der Waals surface area contributed by atoms with Crippen LogP contribution < -0.4 is 15.4 Å². The Balaban J connectivity index is 0.00000341. The highest BCUT2D eigenvalue weighted by molar-refractivity contribution is 14.0. The lowest BCUT2D eigenvalue weighted by Crippen LogP contribution is -2.44. The van der Waals surface area contributed by atoms with Crippen LogP contribution in [0.2, 0.25) is 0 Å². The Labute approximate surface area is 202 Å². The quantitative estimate of drug-likeness (QED) is 0.310. The molecule has 0 atom stereocenters. The number of methoxy groups -OCH3 is 1. The summed E-state index contributed by atoms with van der Waals surface area (Å²) >= 11 is 0. The molecule has 0 bridgehead atoms. The number of sulfonamides is 1. The van der Waals surface area contributed by atoms with Crippen LogP contribution in [0.1, 0.15) is 18.4 Å². The van der Waals surface area contributed by atoms with Crippen LogP contribution >= 0.6 is 24.0 Å². The molecule has 1 aliphatic heterocycles. The van der Waals surface area contributed by atoms with Gasteiger partial charge in [0.1, 0.15) is 5.75 Å². The van der Waals surface area contributed by atoms with E-state index in [4.69, 9.17) is 4.74 Å². The van der Waals surface area contributed by atoms with Gasteiger partial charge in [-0.3, -0.25) is 4.99 Å². The van der Waals surface area contributed by atoms with E-state index in [-0.39, 0.29) is 24.0 Å². The summed E-state index contributed by atoms with van der Waals surface area (Å²) in [6, 6.07) is 16.6. The summed E-state index contributed by atoms with van der Waals surface area (Å²) in [6.07, 6.45) is 1.65. The highest BCUT2D eigenvalue weighted by atomic mass is 127. The lowest BCUT2D eigenvalue weighted by molar-refractivity contribution is 0.273. The SMILES string of the molecule is CN=C(NCc1cccc(OC)c1)NCC1CCN(S(=O)(=O)c2ccccc2)CC1.I. The number of hydrogen-bond donors (Lipinski definition) is 2. The fraction of sp³-hybridized carbons (Fsp3) is 0.409. The molecule has 0 spiro atoms. The van der Waals surface area contributed by atoms with Gasteiger partial charge in [0.25, 0.3) is 0 Å². The maximum Gasteiger partial charge on any atom is 0.243 e. The molecule has 1 aliphatic rings. The molecule has 1 fully saturated rings. The van der Waals surface area contributed by atoms with Crippen molar-refractivity contribution in [1.29, 1.82) is 0 Å². The summed E-state index contributed by atoms with van der Waals surface area (Å²) in [5.74, 6) is 1.97. The molecular weight excluding hydrogens is 527 g/mol. The lowest BCUT2D eigenvalue weighted by Gasteiger charge is -2.31. The van der Waals surface area contributed by atoms with Crippen molar-refractivity contribution in [3.63, 3.8) is 0 Å². The predicted molar refractivity (Wildman–Crippen MR) is 135 cm³/mol. The third-order valence-electron chi connectivity index (χ3n) is 5.33. The Morgan fingerprint density at radius 2 is 1.81 bits per heavy atom. The molecule has 31 heavy (non-hydrogen) atoms. The van der Waals surface area contributed by atoms with Gasteiger partial charge in [0.15, 0.2) is 5.96 Å². The van der Waals surface area contributed by atoms with Crippen LogP contribution in [0.5, 0.6) is 5.75 Å². The number of benzene rings is 2. The second kappa shape index (κ2) is 12.3. The molecule has 2 aromatic rings. The molecule has 0 aliphatic carbocycles. The standard InChI is InChI=1S/C22H30N4O3S.HI/c1-23-22(25-17-19-7-6-8-20(15-19)29-2)24-16-18-11-13-26(14-12-18)30(27,28)21-9-4-3-5-10-21;/h3-10,15,18H,11-14,16-17H2,1-2H3,(H2,23,24,25);1H. The van der Waals surface area contributed by atoms with Crippen LogP contribution in [0.15, 0.2) is 64.5 Å². The fourth-order valence-electron chi connectivity index (χ4n) is 3.53. The van der Waals surface area contributed by atoms with Gasteiger partial charge in [0.05, 0.1) is 12.0 Å². The number of halogens is 1. The first kappa shape index (κ1) is 25.4. The van der Waals surface area contributed by atoms with Crippen LogP contribution in [0.4, 0.5) is 0 Å². The van der Waals surface area contributed by atoms with E-state index in [2.05, 4.69) is 15.6 Å². The van der Waals surface area contributed by atoms with E-state index >= 15 is 0 Å². The molecule has 2 N–H and O–H groups in total. The number of rotatable bonds is 7. The van der Waals surface area contributed by atoms with Gasteiger partial charge >= 0.3 is 0 Å². The molecule has 7 nitrogen and oxygen atoms in total. The van der Waals surface area contributed by atoms with E-state index in [1.165, 1.54) is 0 Å². The first-order valence-electron chi connectivity index (χ1n) is 10.2. The zero-order valence-electron chi connectivity index (χ0n) is 18.0. The number of aliphatic imine (C=N–C) groups is 1. The normalized spacial score (nSPS) is 15.7. The van der Waals surface area contributed by atoms with Crippen LogP contribution in [0.25, 0.3) is 0 Å².